The van der Waals surface area contributed by atoms with Crippen LogP contribution in [0.15, 0.2) is 11.1 Å². The Bertz CT molecular complexity index is 1070. The molecule has 7 atom stereocenters. The number of carbonyl (C=O) groups excluding carboxylic acids is 5. The first kappa shape index (κ1) is 25.9. The highest BCUT2D eigenvalue weighted by Gasteiger charge is 2.73. The van der Waals surface area contributed by atoms with Gasteiger partial charge in [0.15, 0.2) is 11.6 Å². The minimum atomic E-state index is -1.45. The Hall–Kier alpha value is -2.15. The standard InChI is InChI=1S/C28H38O7/c1-14(8-9-20(32)35-7)15-12-19(31)28(6)21-16(29)13-17-25(2,3)18(30)10-11-26(17,4)22(21)23(33)24(34)27(15,28)5/h14-15,17,24,34H,8-13H2,1-7H3. The first-order valence-electron chi connectivity index (χ1n) is 12.7. The molecule has 0 saturated heterocycles. The van der Waals surface area contributed by atoms with Crippen LogP contribution in [0.25, 0.3) is 0 Å². The molecule has 0 bridgehead atoms. The van der Waals surface area contributed by atoms with Crippen molar-refractivity contribution in [3.63, 3.8) is 0 Å². The maximum absolute atomic E-state index is 14.0. The van der Waals surface area contributed by atoms with Gasteiger partial charge in [-0.05, 0) is 37.5 Å². The van der Waals surface area contributed by atoms with Gasteiger partial charge < -0.3 is 9.84 Å². The zero-order chi connectivity index (χ0) is 26.3. The number of methoxy groups -OCH3 is 1. The van der Waals surface area contributed by atoms with Crippen LogP contribution < -0.4 is 0 Å². The zero-order valence-electron chi connectivity index (χ0n) is 21.9. The van der Waals surface area contributed by atoms with Crippen LogP contribution in [0.2, 0.25) is 0 Å². The molecular weight excluding hydrogens is 448 g/mol. The molecule has 0 radical (unpaired) electrons. The van der Waals surface area contributed by atoms with E-state index in [2.05, 4.69) is 0 Å². The fourth-order valence-corrected chi connectivity index (χ4v) is 8.31. The number of fused-ring (bicyclic) bond motifs is 4. The molecule has 35 heavy (non-hydrogen) atoms. The average molecular weight is 487 g/mol. The number of ketones is 4. The lowest BCUT2D eigenvalue weighted by Gasteiger charge is -2.59. The van der Waals surface area contributed by atoms with Crippen molar-refractivity contribution in [1.82, 2.24) is 0 Å². The van der Waals surface area contributed by atoms with Gasteiger partial charge >= 0.3 is 5.97 Å². The molecule has 1 N–H and O–H groups in total. The van der Waals surface area contributed by atoms with Crippen LogP contribution in [-0.4, -0.2) is 47.4 Å². The van der Waals surface area contributed by atoms with Gasteiger partial charge in [0, 0.05) is 53.1 Å². The largest absolute Gasteiger partial charge is 0.469 e. The van der Waals surface area contributed by atoms with Crippen LogP contribution in [0, 0.1) is 39.4 Å². The van der Waals surface area contributed by atoms with Crippen LogP contribution in [0.4, 0.5) is 0 Å². The Morgan fingerprint density at radius 3 is 2.26 bits per heavy atom. The van der Waals surface area contributed by atoms with Crippen LogP contribution in [0.5, 0.6) is 0 Å². The van der Waals surface area contributed by atoms with E-state index in [9.17, 15) is 29.1 Å². The van der Waals surface area contributed by atoms with Crippen molar-refractivity contribution >= 4 is 29.1 Å². The highest BCUT2D eigenvalue weighted by molar-refractivity contribution is 6.18. The molecule has 0 spiro atoms. The predicted molar refractivity (Wildman–Crippen MR) is 127 cm³/mol. The van der Waals surface area contributed by atoms with Crippen molar-refractivity contribution in [1.29, 1.82) is 0 Å². The third-order valence-electron chi connectivity index (χ3n) is 10.8. The van der Waals surface area contributed by atoms with Crippen LogP contribution in [0.1, 0.15) is 80.1 Å². The molecule has 2 fully saturated rings. The fraction of sp³-hybridized carbons (Fsp3) is 0.750. The van der Waals surface area contributed by atoms with Gasteiger partial charge in [-0.25, -0.2) is 0 Å². The normalized spacial score (nSPS) is 41.3. The van der Waals surface area contributed by atoms with E-state index in [1.807, 2.05) is 27.7 Å². The number of Topliss-reactive ketones (excluding diaryl/α,β-unsaturated/α-hetero) is 4. The molecule has 4 aliphatic carbocycles. The van der Waals surface area contributed by atoms with E-state index in [1.54, 1.807) is 13.8 Å². The second-order valence-electron chi connectivity index (χ2n) is 12.5. The molecule has 0 aromatic rings. The first-order chi connectivity index (χ1) is 16.1. The molecule has 2 saturated carbocycles. The summed E-state index contributed by atoms with van der Waals surface area (Å²) >= 11 is 0. The minimum absolute atomic E-state index is 0.0770. The predicted octanol–water partition coefficient (Wildman–Crippen LogP) is 3.40. The SMILES string of the molecule is COC(=O)CCC(C)C1CC(=O)C2(C)C3=C(C(=O)C(O)C12C)C1(C)CCC(=O)C(C)(C)C1CC3=O. The van der Waals surface area contributed by atoms with Crippen molar-refractivity contribution in [2.24, 2.45) is 39.4 Å². The van der Waals surface area contributed by atoms with Crippen molar-refractivity contribution in [2.45, 2.75) is 86.2 Å². The number of hydrogen-bond acceptors (Lipinski definition) is 7. The quantitative estimate of drug-likeness (QED) is 0.606. The Kier molecular flexibility index (Phi) is 5.87. The molecule has 7 unspecified atom stereocenters. The van der Waals surface area contributed by atoms with E-state index >= 15 is 0 Å². The van der Waals surface area contributed by atoms with Gasteiger partial charge in [0.25, 0.3) is 0 Å². The Balaban J connectivity index is 1.88. The topological polar surface area (TPSA) is 115 Å². The summed E-state index contributed by atoms with van der Waals surface area (Å²) in [6, 6.07) is 0. The van der Waals surface area contributed by atoms with E-state index in [1.165, 1.54) is 7.11 Å². The van der Waals surface area contributed by atoms with Gasteiger partial charge in [-0.15, -0.1) is 0 Å². The third-order valence-corrected chi connectivity index (χ3v) is 10.8. The van der Waals surface area contributed by atoms with Crippen LogP contribution >= 0.6 is 0 Å². The van der Waals surface area contributed by atoms with Gasteiger partial charge in [-0.2, -0.15) is 0 Å². The lowest BCUT2D eigenvalue weighted by molar-refractivity contribution is -0.158. The molecule has 0 amide bonds. The average Bonchev–Trinajstić information content (AvgIpc) is 3.01. The highest BCUT2D eigenvalue weighted by Crippen LogP contribution is 2.69. The summed E-state index contributed by atoms with van der Waals surface area (Å²) in [6.07, 6.45) is 0.135. The summed E-state index contributed by atoms with van der Waals surface area (Å²) < 4.78 is 4.76. The molecule has 192 valence electrons. The van der Waals surface area contributed by atoms with E-state index < -0.39 is 33.5 Å². The highest BCUT2D eigenvalue weighted by atomic mass is 16.5. The van der Waals surface area contributed by atoms with E-state index in [0.29, 0.717) is 19.3 Å². The number of allylic oxidation sites excluding steroid dienone is 1. The summed E-state index contributed by atoms with van der Waals surface area (Å²) in [5.41, 5.74) is -3.48. The molecule has 4 rings (SSSR count). The molecular formula is C28H38O7. The Morgan fingerprint density at radius 2 is 1.66 bits per heavy atom. The molecule has 7 nitrogen and oxygen atoms in total. The van der Waals surface area contributed by atoms with Gasteiger partial charge in [-0.1, -0.05) is 34.6 Å². The molecule has 4 aliphatic rings. The number of ether oxygens (including phenoxy) is 1. The number of aliphatic hydroxyl groups is 1. The fourth-order valence-electron chi connectivity index (χ4n) is 8.31. The number of rotatable bonds is 4. The number of aliphatic hydroxyl groups excluding tert-OH is 1. The Labute approximate surface area is 207 Å². The maximum Gasteiger partial charge on any atom is 0.305 e. The van der Waals surface area contributed by atoms with Crippen LogP contribution in [-0.2, 0) is 28.7 Å². The summed E-state index contributed by atoms with van der Waals surface area (Å²) in [4.78, 5) is 66.1. The van der Waals surface area contributed by atoms with E-state index in [-0.39, 0.29) is 71.5 Å². The molecule has 0 aromatic heterocycles. The van der Waals surface area contributed by atoms with Crippen LogP contribution in [0.3, 0.4) is 0 Å². The van der Waals surface area contributed by atoms with Gasteiger partial charge in [0.1, 0.15) is 17.7 Å². The van der Waals surface area contributed by atoms with E-state index in [0.717, 1.165) is 0 Å². The minimum Gasteiger partial charge on any atom is -0.469 e. The van der Waals surface area contributed by atoms with Crippen molar-refractivity contribution in [3.05, 3.63) is 11.1 Å². The summed E-state index contributed by atoms with van der Waals surface area (Å²) in [5.74, 6) is -2.04. The lowest BCUT2D eigenvalue weighted by atomic mass is 9.42. The number of hydrogen-bond donors (Lipinski definition) is 1. The van der Waals surface area contributed by atoms with Gasteiger partial charge in [0.2, 0.25) is 0 Å². The van der Waals surface area contributed by atoms with Crippen molar-refractivity contribution in [2.75, 3.05) is 7.11 Å². The molecule has 0 aliphatic heterocycles. The summed E-state index contributed by atoms with van der Waals surface area (Å²) in [6.45, 7) is 11.0. The summed E-state index contributed by atoms with van der Waals surface area (Å²) in [7, 11) is 1.32. The molecule has 0 heterocycles. The second kappa shape index (κ2) is 7.92. The molecule has 7 heteroatoms. The monoisotopic (exact) mass is 486 g/mol. The van der Waals surface area contributed by atoms with Crippen molar-refractivity contribution < 1.29 is 33.8 Å². The number of esters is 1. The smallest absolute Gasteiger partial charge is 0.305 e. The number of carbonyl (C=O) groups is 5. The first-order valence-corrected chi connectivity index (χ1v) is 12.7. The zero-order valence-corrected chi connectivity index (χ0v) is 21.9. The summed E-state index contributed by atoms with van der Waals surface area (Å²) in [5, 5.41) is 11.6. The Morgan fingerprint density at radius 1 is 1.03 bits per heavy atom. The van der Waals surface area contributed by atoms with E-state index in [4.69, 9.17) is 4.74 Å². The molecule has 0 aromatic carbocycles. The maximum atomic E-state index is 14.0. The van der Waals surface area contributed by atoms with Gasteiger partial charge in [0.05, 0.1) is 12.5 Å². The van der Waals surface area contributed by atoms with Gasteiger partial charge in [-0.3, -0.25) is 24.0 Å². The third kappa shape index (κ3) is 3.09. The second-order valence-corrected chi connectivity index (χ2v) is 12.5. The lowest BCUT2D eigenvalue weighted by Crippen LogP contribution is -2.64. The van der Waals surface area contributed by atoms with Crippen molar-refractivity contribution in [3.8, 4) is 0 Å².